The maximum Gasteiger partial charge on any atom is 0.0206 e. The van der Waals surface area contributed by atoms with Crippen molar-refractivity contribution in [1.82, 2.24) is 0 Å². The summed E-state index contributed by atoms with van der Waals surface area (Å²) in [5, 5.41) is 0. The molecule has 2 rings (SSSR count). The third-order valence-corrected chi connectivity index (χ3v) is 3.07. The normalized spacial score (nSPS) is 11.5. The molecular weight excluding hydrogens is 319 g/mol. The summed E-state index contributed by atoms with van der Waals surface area (Å²) < 4.78 is 0.325. The highest BCUT2D eigenvalue weighted by Crippen LogP contribution is 2.25. The van der Waals surface area contributed by atoms with Crippen molar-refractivity contribution in [3.63, 3.8) is 0 Å². The number of benzene rings is 2. The molecule has 0 aromatic heterocycles. The molecule has 0 spiro atoms. The van der Waals surface area contributed by atoms with Gasteiger partial charge in [0.25, 0.3) is 0 Å². The van der Waals surface area contributed by atoms with E-state index < -0.39 is 0 Å². The Morgan fingerprint density at radius 1 is 0.824 bits per heavy atom. The van der Waals surface area contributed by atoms with Crippen molar-refractivity contribution >= 4 is 22.6 Å². The highest BCUT2D eigenvalue weighted by molar-refractivity contribution is 14.1. The fraction of sp³-hybridized carbons (Fsp3) is 0.250. The lowest BCUT2D eigenvalue weighted by atomic mass is 9.99. The molecule has 0 heterocycles. The zero-order chi connectivity index (χ0) is 12.3. The molecule has 17 heavy (non-hydrogen) atoms. The van der Waals surface area contributed by atoms with Crippen molar-refractivity contribution < 1.29 is 0 Å². The molecule has 0 nitrogen and oxygen atoms in total. The third kappa shape index (κ3) is 3.84. The quantitative estimate of drug-likeness (QED) is 0.540. The Morgan fingerprint density at radius 2 is 1.35 bits per heavy atom. The molecule has 0 bridgehead atoms. The minimum atomic E-state index is 0.325. The van der Waals surface area contributed by atoms with Crippen LogP contribution in [-0.4, -0.2) is 3.42 Å². The summed E-state index contributed by atoms with van der Waals surface area (Å²) in [6, 6.07) is 19.4. The molecule has 88 valence electrons. The van der Waals surface area contributed by atoms with Crippen LogP contribution >= 0.6 is 22.6 Å². The van der Waals surface area contributed by atoms with E-state index in [-0.39, 0.29) is 0 Å². The standard InChI is InChI=1S/C16H17I/c1-16(2,17)12-13-8-10-15(11-9-13)14-6-4-3-5-7-14/h3-11H,12H2,1-2H3. The molecule has 2 aromatic rings. The first kappa shape index (κ1) is 12.6. The summed E-state index contributed by atoms with van der Waals surface area (Å²) >= 11 is 2.50. The average Bonchev–Trinajstić information content (AvgIpc) is 2.29. The molecule has 0 saturated carbocycles. The van der Waals surface area contributed by atoms with Crippen LogP contribution in [0.25, 0.3) is 11.1 Å². The van der Waals surface area contributed by atoms with E-state index in [0.717, 1.165) is 6.42 Å². The van der Waals surface area contributed by atoms with Crippen molar-refractivity contribution in [1.29, 1.82) is 0 Å². The Morgan fingerprint density at radius 3 is 1.88 bits per heavy atom. The zero-order valence-corrected chi connectivity index (χ0v) is 12.4. The fourth-order valence-corrected chi connectivity index (χ4v) is 2.37. The van der Waals surface area contributed by atoms with Gasteiger partial charge in [-0.2, -0.15) is 0 Å². The van der Waals surface area contributed by atoms with Gasteiger partial charge in [-0.05, 0) is 23.1 Å². The molecule has 1 heteroatoms. The number of hydrogen-bond donors (Lipinski definition) is 0. The van der Waals surface area contributed by atoms with Gasteiger partial charge in [0.2, 0.25) is 0 Å². The minimum Gasteiger partial charge on any atom is -0.0791 e. The van der Waals surface area contributed by atoms with E-state index in [0.29, 0.717) is 3.42 Å². The molecule has 0 saturated heterocycles. The van der Waals surface area contributed by atoms with Crippen molar-refractivity contribution in [3.05, 3.63) is 60.2 Å². The Bertz CT molecular complexity index is 463. The molecule has 0 aliphatic rings. The predicted molar refractivity (Wildman–Crippen MR) is 83.7 cm³/mol. The van der Waals surface area contributed by atoms with Crippen molar-refractivity contribution in [2.45, 2.75) is 23.7 Å². The summed E-state index contributed by atoms with van der Waals surface area (Å²) in [4.78, 5) is 0. The largest absolute Gasteiger partial charge is 0.0791 e. The monoisotopic (exact) mass is 336 g/mol. The smallest absolute Gasteiger partial charge is 0.0206 e. The van der Waals surface area contributed by atoms with E-state index in [1.54, 1.807) is 0 Å². The lowest BCUT2D eigenvalue weighted by Crippen LogP contribution is -2.12. The molecular formula is C16H17I. The Hall–Kier alpha value is -0.830. The van der Waals surface area contributed by atoms with Crippen LogP contribution in [-0.2, 0) is 6.42 Å². The second-order valence-corrected chi connectivity index (χ2v) is 7.88. The SMILES string of the molecule is CC(C)(I)Cc1ccc(-c2ccccc2)cc1. The van der Waals surface area contributed by atoms with Crippen LogP contribution in [0.4, 0.5) is 0 Å². The van der Waals surface area contributed by atoms with Gasteiger partial charge in [-0.1, -0.05) is 91.0 Å². The Balaban J connectivity index is 2.19. The first-order valence-electron chi connectivity index (χ1n) is 5.88. The van der Waals surface area contributed by atoms with Gasteiger partial charge < -0.3 is 0 Å². The summed E-state index contributed by atoms with van der Waals surface area (Å²) in [7, 11) is 0. The summed E-state index contributed by atoms with van der Waals surface area (Å²) in [6.45, 7) is 4.53. The highest BCUT2D eigenvalue weighted by atomic mass is 127. The third-order valence-electron chi connectivity index (χ3n) is 2.69. The lowest BCUT2D eigenvalue weighted by molar-refractivity contribution is 0.744. The predicted octanol–water partition coefficient (Wildman–Crippen LogP) is 5.11. The van der Waals surface area contributed by atoms with Gasteiger partial charge >= 0.3 is 0 Å². The van der Waals surface area contributed by atoms with Gasteiger partial charge in [0.05, 0.1) is 0 Å². The van der Waals surface area contributed by atoms with Gasteiger partial charge in [-0.15, -0.1) is 0 Å². The molecule has 0 amide bonds. The van der Waals surface area contributed by atoms with Crippen LogP contribution in [0, 0.1) is 0 Å². The summed E-state index contributed by atoms with van der Waals surface area (Å²) in [5.41, 5.74) is 3.98. The Labute approximate surface area is 117 Å². The molecule has 0 radical (unpaired) electrons. The van der Waals surface area contributed by atoms with E-state index in [4.69, 9.17) is 0 Å². The number of alkyl halides is 1. The number of hydrogen-bond acceptors (Lipinski definition) is 0. The van der Waals surface area contributed by atoms with Crippen LogP contribution < -0.4 is 0 Å². The summed E-state index contributed by atoms with van der Waals surface area (Å²) in [6.07, 6.45) is 1.11. The lowest BCUT2D eigenvalue weighted by Gasteiger charge is -2.16. The number of rotatable bonds is 3. The maximum absolute atomic E-state index is 2.50. The van der Waals surface area contributed by atoms with E-state index in [1.807, 2.05) is 0 Å². The van der Waals surface area contributed by atoms with Crippen LogP contribution in [0.1, 0.15) is 19.4 Å². The summed E-state index contributed by atoms with van der Waals surface area (Å²) in [5.74, 6) is 0. The first-order chi connectivity index (χ1) is 8.04. The van der Waals surface area contributed by atoms with Crippen LogP contribution in [0.3, 0.4) is 0 Å². The zero-order valence-electron chi connectivity index (χ0n) is 10.3. The van der Waals surface area contributed by atoms with Crippen LogP contribution in [0.2, 0.25) is 0 Å². The van der Waals surface area contributed by atoms with E-state index >= 15 is 0 Å². The van der Waals surface area contributed by atoms with E-state index in [9.17, 15) is 0 Å². The second-order valence-electron chi connectivity index (χ2n) is 4.96. The van der Waals surface area contributed by atoms with Crippen LogP contribution in [0.15, 0.2) is 54.6 Å². The van der Waals surface area contributed by atoms with Gasteiger partial charge in [0.1, 0.15) is 0 Å². The van der Waals surface area contributed by atoms with E-state index in [2.05, 4.69) is 91.0 Å². The molecule has 0 atom stereocenters. The molecule has 0 unspecified atom stereocenters. The van der Waals surface area contributed by atoms with Gasteiger partial charge in [-0.25, -0.2) is 0 Å². The highest BCUT2D eigenvalue weighted by Gasteiger charge is 2.12. The van der Waals surface area contributed by atoms with Gasteiger partial charge in [0, 0.05) is 3.42 Å². The van der Waals surface area contributed by atoms with E-state index in [1.165, 1.54) is 16.7 Å². The van der Waals surface area contributed by atoms with Gasteiger partial charge in [0.15, 0.2) is 0 Å². The molecule has 0 fully saturated rings. The topological polar surface area (TPSA) is 0 Å². The van der Waals surface area contributed by atoms with Crippen molar-refractivity contribution in [2.75, 3.05) is 0 Å². The minimum absolute atomic E-state index is 0.325. The first-order valence-corrected chi connectivity index (χ1v) is 6.96. The molecule has 0 N–H and O–H groups in total. The van der Waals surface area contributed by atoms with Crippen molar-refractivity contribution in [3.8, 4) is 11.1 Å². The molecule has 0 aliphatic heterocycles. The van der Waals surface area contributed by atoms with Crippen molar-refractivity contribution in [2.24, 2.45) is 0 Å². The molecule has 0 aliphatic carbocycles. The van der Waals surface area contributed by atoms with Crippen LogP contribution in [0.5, 0.6) is 0 Å². The average molecular weight is 336 g/mol. The maximum atomic E-state index is 2.50. The molecule has 2 aromatic carbocycles. The second kappa shape index (κ2) is 5.21. The van der Waals surface area contributed by atoms with Gasteiger partial charge in [-0.3, -0.25) is 0 Å². The fourth-order valence-electron chi connectivity index (χ4n) is 1.93. The number of halogens is 1. The Kier molecular flexibility index (Phi) is 3.87.